The fourth-order valence-electron chi connectivity index (χ4n) is 2.19. The summed E-state index contributed by atoms with van der Waals surface area (Å²) in [6.45, 7) is 1.45. The molecule has 7 heteroatoms. The number of anilines is 1. The molecule has 0 saturated heterocycles. The van der Waals surface area contributed by atoms with Gasteiger partial charge in [0.25, 0.3) is 10.0 Å². The van der Waals surface area contributed by atoms with Crippen molar-refractivity contribution in [3.05, 3.63) is 45.5 Å². The topological polar surface area (TPSA) is 66.4 Å². The lowest BCUT2D eigenvalue weighted by atomic mass is 10.2. The summed E-state index contributed by atoms with van der Waals surface area (Å²) < 4.78 is 28.8. The number of hydrogen-bond donors (Lipinski definition) is 2. The number of hydrogen-bond acceptors (Lipinski definition) is 5. The third-order valence-electron chi connectivity index (χ3n) is 3.11. The van der Waals surface area contributed by atoms with Crippen LogP contribution in [0.3, 0.4) is 0 Å². The molecule has 3 aromatic rings. The molecule has 1 aromatic carbocycles. The van der Waals surface area contributed by atoms with Gasteiger partial charge >= 0.3 is 0 Å². The second-order valence-electron chi connectivity index (χ2n) is 4.61. The minimum Gasteiger partial charge on any atom is -0.391 e. The number of benzene rings is 1. The van der Waals surface area contributed by atoms with E-state index in [1.165, 1.54) is 11.3 Å². The maximum atomic E-state index is 12.5. The summed E-state index contributed by atoms with van der Waals surface area (Å²) in [6.07, 6.45) is 0. The van der Waals surface area contributed by atoms with Crippen LogP contribution in [0.4, 0.5) is 5.69 Å². The van der Waals surface area contributed by atoms with Gasteiger partial charge in [0, 0.05) is 10.4 Å². The number of rotatable bonds is 4. The molecule has 0 bridgehead atoms. The Labute approximate surface area is 130 Å². The fourth-order valence-corrected chi connectivity index (χ4v) is 5.68. The molecule has 0 amide bonds. The van der Waals surface area contributed by atoms with E-state index in [1.807, 2.05) is 23.6 Å². The van der Waals surface area contributed by atoms with E-state index >= 15 is 0 Å². The Morgan fingerprint density at radius 3 is 2.81 bits per heavy atom. The predicted molar refractivity (Wildman–Crippen MR) is 87.6 cm³/mol. The molecule has 2 aromatic heterocycles. The van der Waals surface area contributed by atoms with Crippen LogP contribution in [0.15, 0.2) is 39.9 Å². The molecule has 0 atom stereocenters. The summed E-state index contributed by atoms with van der Waals surface area (Å²) >= 11 is 2.86. The van der Waals surface area contributed by atoms with Crippen molar-refractivity contribution in [2.24, 2.45) is 0 Å². The number of aryl methyl sites for hydroxylation is 1. The lowest BCUT2D eigenvalue weighted by Gasteiger charge is -2.09. The van der Waals surface area contributed by atoms with Crippen molar-refractivity contribution in [3.63, 3.8) is 0 Å². The van der Waals surface area contributed by atoms with Crippen LogP contribution in [0.1, 0.15) is 10.4 Å². The molecular weight excluding hydrogens is 326 g/mol. The molecule has 0 unspecified atom stereocenters. The summed E-state index contributed by atoms with van der Waals surface area (Å²) in [5.74, 6) is 0. The zero-order chi connectivity index (χ0) is 15.0. The van der Waals surface area contributed by atoms with Crippen LogP contribution in [-0.4, -0.2) is 13.5 Å². The van der Waals surface area contributed by atoms with Crippen molar-refractivity contribution in [2.45, 2.75) is 18.4 Å². The van der Waals surface area contributed by atoms with Crippen molar-refractivity contribution in [3.8, 4) is 0 Å². The maximum Gasteiger partial charge on any atom is 0.263 e. The average molecular weight is 339 g/mol. The Hall–Kier alpha value is -1.41. The van der Waals surface area contributed by atoms with Gasteiger partial charge in [0.1, 0.15) is 4.90 Å². The lowest BCUT2D eigenvalue weighted by molar-refractivity contribution is 0.282. The third-order valence-corrected chi connectivity index (χ3v) is 6.83. The quantitative estimate of drug-likeness (QED) is 0.764. The van der Waals surface area contributed by atoms with Gasteiger partial charge in [-0.25, -0.2) is 8.42 Å². The van der Waals surface area contributed by atoms with E-state index in [1.54, 1.807) is 29.7 Å². The third kappa shape index (κ3) is 2.69. The van der Waals surface area contributed by atoms with Crippen molar-refractivity contribution in [1.82, 2.24) is 0 Å². The van der Waals surface area contributed by atoms with Crippen molar-refractivity contribution in [1.29, 1.82) is 0 Å². The second-order valence-corrected chi connectivity index (χ2v) is 8.14. The van der Waals surface area contributed by atoms with Gasteiger partial charge in [-0.15, -0.1) is 22.7 Å². The SMILES string of the molecule is Cc1csc(CO)c1S(=O)(=O)Nc1ccc2sccc2c1. The first kappa shape index (κ1) is 14.5. The van der Waals surface area contributed by atoms with Crippen molar-refractivity contribution in [2.75, 3.05) is 4.72 Å². The molecule has 21 heavy (non-hydrogen) atoms. The standard InChI is InChI=1S/C14H13NO3S3/c1-9-8-20-13(7-16)14(9)21(17,18)15-11-2-3-12-10(6-11)4-5-19-12/h2-6,8,15-16H,7H2,1H3. The summed E-state index contributed by atoms with van der Waals surface area (Å²) in [5, 5.41) is 14.0. The maximum absolute atomic E-state index is 12.5. The van der Waals surface area contributed by atoms with Crippen LogP contribution in [-0.2, 0) is 16.6 Å². The second kappa shape index (κ2) is 5.42. The first-order chi connectivity index (χ1) is 10.0. The van der Waals surface area contributed by atoms with Gasteiger partial charge in [0.2, 0.25) is 0 Å². The predicted octanol–water partition coefficient (Wildman–Crippen LogP) is 3.56. The highest BCUT2D eigenvalue weighted by Crippen LogP contribution is 2.30. The van der Waals surface area contributed by atoms with Crippen LogP contribution in [0.5, 0.6) is 0 Å². The average Bonchev–Trinajstić information content (AvgIpc) is 3.03. The molecule has 0 fully saturated rings. The van der Waals surface area contributed by atoms with Crippen LogP contribution in [0.25, 0.3) is 10.1 Å². The first-order valence-electron chi connectivity index (χ1n) is 6.19. The van der Waals surface area contributed by atoms with Crippen LogP contribution >= 0.6 is 22.7 Å². The van der Waals surface area contributed by atoms with E-state index < -0.39 is 10.0 Å². The van der Waals surface area contributed by atoms with Gasteiger partial charge in [-0.2, -0.15) is 0 Å². The minimum absolute atomic E-state index is 0.181. The van der Waals surface area contributed by atoms with Crippen LogP contribution in [0, 0.1) is 6.92 Å². The summed E-state index contributed by atoms with van der Waals surface area (Å²) in [5.41, 5.74) is 1.17. The molecule has 0 radical (unpaired) electrons. The highest BCUT2D eigenvalue weighted by Gasteiger charge is 2.22. The molecule has 4 nitrogen and oxygen atoms in total. The molecule has 0 spiro atoms. The van der Waals surface area contributed by atoms with Gasteiger partial charge in [0.15, 0.2) is 0 Å². The number of aliphatic hydroxyl groups excluding tert-OH is 1. The number of fused-ring (bicyclic) bond motifs is 1. The Bertz CT molecular complexity index is 893. The molecule has 3 rings (SSSR count). The number of nitrogens with one attached hydrogen (secondary N) is 1. The van der Waals surface area contributed by atoms with Crippen LogP contribution in [0.2, 0.25) is 0 Å². The van der Waals surface area contributed by atoms with E-state index in [9.17, 15) is 13.5 Å². The summed E-state index contributed by atoms with van der Waals surface area (Å²) in [4.78, 5) is 0.636. The number of thiophene rings is 2. The van der Waals surface area contributed by atoms with Gasteiger partial charge in [0.05, 0.1) is 11.5 Å². The molecule has 0 aliphatic carbocycles. The Kier molecular flexibility index (Phi) is 3.75. The Morgan fingerprint density at radius 2 is 2.05 bits per heavy atom. The largest absolute Gasteiger partial charge is 0.391 e. The van der Waals surface area contributed by atoms with Crippen LogP contribution < -0.4 is 4.72 Å². The molecule has 0 aliphatic heterocycles. The van der Waals surface area contributed by atoms with E-state index in [2.05, 4.69) is 4.72 Å². The van der Waals surface area contributed by atoms with E-state index in [0.29, 0.717) is 16.1 Å². The molecule has 2 heterocycles. The van der Waals surface area contributed by atoms with E-state index in [-0.39, 0.29) is 11.5 Å². The smallest absolute Gasteiger partial charge is 0.263 e. The van der Waals surface area contributed by atoms with Gasteiger partial charge in [-0.05, 0) is 52.9 Å². The Morgan fingerprint density at radius 1 is 1.24 bits per heavy atom. The molecule has 110 valence electrons. The minimum atomic E-state index is -3.69. The first-order valence-corrected chi connectivity index (χ1v) is 9.43. The molecular formula is C14H13NO3S3. The summed E-state index contributed by atoms with van der Waals surface area (Å²) in [7, 11) is -3.69. The highest BCUT2D eigenvalue weighted by molar-refractivity contribution is 7.93. The molecule has 0 saturated carbocycles. The monoisotopic (exact) mass is 339 g/mol. The van der Waals surface area contributed by atoms with Gasteiger partial charge in [-0.3, -0.25) is 4.72 Å². The zero-order valence-corrected chi connectivity index (χ0v) is 13.6. The van der Waals surface area contributed by atoms with E-state index in [4.69, 9.17) is 0 Å². The fraction of sp³-hybridized carbons (Fsp3) is 0.143. The highest BCUT2D eigenvalue weighted by atomic mass is 32.2. The van der Waals surface area contributed by atoms with Crippen molar-refractivity contribution >= 4 is 48.5 Å². The van der Waals surface area contributed by atoms with Crippen molar-refractivity contribution < 1.29 is 13.5 Å². The molecule has 0 aliphatic rings. The zero-order valence-electron chi connectivity index (χ0n) is 11.2. The normalized spacial score (nSPS) is 11.9. The summed E-state index contributed by atoms with van der Waals surface area (Å²) in [6, 6.07) is 7.40. The lowest BCUT2D eigenvalue weighted by Crippen LogP contribution is -2.14. The number of sulfonamides is 1. The van der Waals surface area contributed by atoms with Gasteiger partial charge < -0.3 is 5.11 Å². The van der Waals surface area contributed by atoms with E-state index in [0.717, 1.165) is 10.1 Å². The number of aliphatic hydroxyl groups is 1. The van der Waals surface area contributed by atoms with Gasteiger partial charge in [-0.1, -0.05) is 0 Å². The molecule has 2 N–H and O–H groups in total. The Balaban J connectivity index is 2.00.